The van der Waals surface area contributed by atoms with Crippen LogP contribution < -0.4 is 10.1 Å². The van der Waals surface area contributed by atoms with E-state index in [9.17, 15) is 9.59 Å². The van der Waals surface area contributed by atoms with Gasteiger partial charge in [0.15, 0.2) is 6.10 Å². The second-order valence-electron chi connectivity index (χ2n) is 5.09. The lowest BCUT2D eigenvalue weighted by Gasteiger charge is -2.18. The molecule has 1 aromatic carbocycles. The summed E-state index contributed by atoms with van der Waals surface area (Å²) in [7, 11) is 0. The third kappa shape index (κ3) is 3.12. The number of thiophene rings is 1. The molecular weight excluding hydrogens is 302 g/mol. The van der Waals surface area contributed by atoms with Crippen LogP contribution in [0.2, 0.25) is 0 Å². The van der Waals surface area contributed by atoms with Crippen molar-refractivity contribution in [1.82, 2.24) is 5.32 Å². The van der Waals surface area contributed by atoms with Crippen LogP contribution in [0, 0.1) is 0 Å². The fourth-order valence-corrected chi connectivity index (χ4v) is 3.26. The molecule has 5 nitrogen and oxygen atoms in total. The van der Waals surface area contributed by atoms with Crippen LogP contribution in [-0.2, 0) is 16.0 Å². The molecule has 2 N–H and O–H groups in total. The van der Waals surface area contributed by atoms with Gasteiger partial charge in [0.05, 0.1) is 12.5 Å². The van der Waals surface area contributed by atoms with Crippen molar-refractivity contribution in [1.29, 1.82) is 0 Å². The molecule has 0 saturated carbocycles. The van der Waals surface area contributed by atoms with Gasteiger partial charge >= 0.3 is 5.97 Å². The van der Waals surface area contributed by atoms with Gasteiger partial charge in [0.1, 0.15) is 5.75 Å². The van der Waals surface area contributed by atoms with Crippen molar-refractivity contribution < 1.29 is 19.4 Å². The number of nitrogens with one attached hydrogen (secondary N) is 1. The summed E-state index contributed by atoms with van der Waals surface area (Å²) in [5, 5.41) is 13.7. The fourth-order valence-electron chi connectivity index (χ4n) is 2.48. The lowest BCUT2D eigenvalue weighted by molar-refractivity contribution is -0.138. The Balaban J connectivity index is 1.69. The van der Waals surface area contributed by atoms with E-state index in [2.05, 4.69) is 5.32 Å². The molecule has 22 heavy (non-hydrogen) atoms. The van der Waals surface area contributed by atoms with Crippen molar-refractivity contribution in [2.24, 2.45) is 0 Å². The van der Waals surface area contributed by atoms with Gasteiger partial charge in [0.2, 0.25) is 0 Å². The molecule has 1 aliphatic heterocycles. The number of para-hydroxylation sites is 1. The third-order valence-electron chi connectivity index (χ3n) is 3.52. The van der Waals surface area contributed by atoms with E-state index in [4.69, 9.17) is 9.84 Å². The quantitative estimate of drug-likeness (QED) is 0.888. The highest BCUT2D eigenvalue weighted by molar-refractivity contribution is 7.10. The second-order valence-corrected chi connectivity index (χ2v) is 6.07. The van der Waals surface area contributed by atoms with Crippen LogP contribution in [0.3, 0.4) is 0 Å². The number of aliphatic carboxylic acids is 1. The number of hydrogen-bond donors (Lipinski definition) is 2. The second kappa shape index (κ2) is 6.19. The molecule has 0 radical (unpaired) electrons. The van der Waals surface area contributed by atoms with E-state index in [1.165, 1.54) is 11.3 Å². The number of carboxylic acids is 1. The minimum atomic E-state index is -0.950. The highest BCUT2D eigenvalue weighted by atomic mass is 32.1. The fraction of sp³-hybridized carbons (Fsp3) is 0.250. The first-order chi connectivity index (χ1) is 10.6. The van der Waals surface area contributed by atoms with E-state index in [-0.39, 0.29) is 12.3 Å². The minimum Gasteiger partial charge on any atom is -0.481 e. The minimum absolute atomic E-state index is 0.147. The van der Waals surface area contributed by atoms with Crippen LogP contribution in [-0.4, -0.2) is 23.1 Å². The molecule has 1 aliphatic rings. The number of fused-ring (bicyclic) bond motifs is 1. The van der Waals surface area contributed by atoms with Crippen LogP contribution in [0.15, 0.2) is 41.8 Å². The highest BCUT2D eigenvalue weighted by Gasteiger charge is 2.31. The van der Waals surface area contributed by atoms with Gasteiger partial charge in [-0.25, -0.2) is 0 Å². The van der Waals surface area contributed by atoms with Gasteiger partial charge in [0, 0.05) is 11.3 Å². The maximum absolute atomic E-state index is 12.4. The first kappa shape index (κ1) is 14.6. The molecule has 2 aromatic rings. The molecule has 1 aromatic heterocycles. The molecule has 0 bridgehead atoms. The standard InChI is InChI=1S/C16H15NO4S/c18-15(19)9-11(14-6-3-7-22-14)17-16(20)13-8-10-4-1-2-5-12(10)21-13/h1-7,11,13H,8-9H2,(H,17,20)(H,18,19)/t11-,13+/m0/s1. The van der Waals surface area contributed by atoms with Gasteiger partial charge in [-0.05, 0) is 23.1 Å². The Morgan fingerprint density at radius 3 is 2.82 bits per heavy atom. The molecule has 2 atom stereocenters. The van der Waals surface area contributed by atoms with Crippen molar-refractivity contribution in [2.45, 2.75) is 25.0 Å². The Hall–Kier alpha value is -2.34. The molecule has 0 saturated heterocycles. The smallest absolute Gasteiger partial charge is 0.305 e. The summed E-state index contributed by atoms with van der Waals surface area (Å²) < 4.78 is 5.64. The number of benzene rings is 1. The Labute approximate surface area is 131 Å². The van der Waals surface area contributed by atoms with Crippen molar-refractivity contribution in [2.75, 3.05) is 0 Å². The number of ether oxygens (including phenoxy) is 1. The first-order valence-corrected chi connectivity index (χ1v) is 7.81. The summed E-state index contributed by atoms with van der Waals surface area (Å²) in [4.78, 5) is 24.2. The van der Waals surface area contributed by atoms with Crippen molar-refractivity contribution in [3.63, 3.8) is 0 Å². The monoisotopic (exact) mass is 317 g/mol. The third-order valence-corrected chi connectivity index (χ3v) is 4.51. The van der Waals surface area contributed by atoms with Crippen molar-refractivity contribution in [3.8, 4) is 5.75 Å². The van der Waals surface area contributed by atoms with E-state index in [0.717, 1.165) is 10.4 Å². The average Bonchev–Trinajstić information content (AvgIpc) is 3.15. The van der Waals surface area contributed by atoms with Crippen molar-refractivity contribution >= 4 is 23.2 Å². The largest absolute Gasteiger partial charge is 0.481 e. The van der Waals surface area contributed by atoms with Crippen LogP contribution in [0.25, 0.3) is 0 Å². The summed E-state index contributed by atoms with van der Waals surface area (Å²) in [6, 6.07) is 10.6. The lowest BCUT2D eigenvalue weighted by Crippen LogP contribution is -2.40. The summed E-state index contributed by atoms with van der Waals surface area (Å²) in [6.45, 7) is 0. The van der Waals surface area contributed by atoms with Gasteiger partial charge < -0.3 is 15.2 Å². The lowest BCUT2D eigenvalue weighted by atomic mass is 10.1. The Bertz CT molecular complexity index is 658. The number of rotatable bonds is 5. The SMILES string of the molecule is O=C(O)C[C@H](NC(=O)[C@H]1Cc2ccccc2O1)c1cccs1. The summed E-state index contributed by atoms with van der Waals surface area (Å²) in [5.41, 5.74) is 0.994. The van der Waals surface area contributed by atoms with Crippen LogP contribution in [0.4, 0.5) is 0 Å². The molecule has 0 fully saturated rings. The van der Waals surface area contributed by atoms with Gasteiger partial charge in [-0.3, -0.25) is 9.59 Å². The molecule has 114 valence electrons. The molecule has 3 rings (SSSR count). The molecule has 0 aliphatic carbocycles. The zero-order valence-electron chi connectivity index (χ0n) is 11.7. The maximum Gasteiger partial charge on any atom is 0.305 e. The van der Waals surface area contributed by atoms with E-state index in [1.807, 2.05) is 41.8 Å². The molecule has 0 unspecified atom stereocenters. The molecule has 6 heteroatoms. The molecule has 0 spiro atoms. The van der Waals surface area contributed by atoms with Gasteiger partial charge in [-0.2, -0.15) is 0 Å². The van der Waals surface area contributed by atoms with Crippen LogP contribution >= 0.6 is 11.3 Å². The number of carbonyl (C=O) groups is 2. The van der Waals surface area contributed by atoms with Crippen LogP contribution in [0.1, 0.15) is 22.9 Å². The Morgan fingerprint density at radius 2 is 2.14 bits per heavy atom. The van der Waals surface area contributed by atoms with Gasteiger partial charge in [-0.15, -0.1) is 11.3 Å². The summed E-state index contributed by atoms with van der Waals surface area (Å²) in [5.74, 6) is -0.515. The number of carboxylic acid groups (broad SMARTS) is 1. The van der Waals surface area contributed by atoms with E-state index in [0.29, 0.717) is 12.2 Å². The van der Waals surface area contributed by atoms with E-state index >= 15 is 0 Å². The topological polar surface area (TPSA) is 75.6 Å². The summed E-state index contributed by atoms with van der Waals surface area (Å²) in [6.07, 6.45) is -0.244. The van der Waals surface area contributed by atoms with Gasteiger partial charge in [0.25, 0.3) is 5.91 Å². The zero-order chi connectivity index (χ0) is 15.5. The normalized spacial score (nSPS) is 17.4. The zero-order valence-corrected chi connectivity index (χ0v) is 12.5. The molecular formula is C16H15NO4S. The predicted octanol–water partition coefficient (Wildman–Crippen LogP) is 2.38. The number of hydrogen-bond acceptors (Lipinski definition) is 4. The molecule has 1 amide bonds. The van der Waals surface area contributed by atoms with E-state index < -0.39 is 18.1 Å². The molecule has 2 heterocycles. The highest BCUT2D eigenvalue weighted by Crippen LogP contribution is 2.29. The predicted molar refractivity (Wildman–Crippen MR) is 82.0 cm³/mol. The first-order valence-electron chi connectivity index (χ1n) is 6.93. The summed E-state index contributed by atoms with van der Waals surface area (Å²) >= 11 is 1.43. The number of carbonyl (C=O) groups excluding carboxylic acids is 1. The Kier molecular flexibility index (Phi) is 4.11. The van der Waals surface area contributed by atoms with Crippen LogP contribution in [0.5, 0.6) is 5.75 Å². The van der Waals surface area contributed by atoms with Gasteiger partial charge in [-0.1, -0.05) is 24.3 Å². The van der Waals surface area contributed by atoms with E-state index in [1.54, 1.807) is 0 Å². The van der Waals surface area contributed by atoms with Crippen molar-refractivity contribution in [3.05, 3.63) is 52.2 Å². The maximum atomic E-state index is 12.4. The Morgan fingerprint density at radius 1 is 1.32 bits per heavy atom. The number of amides is 1. The average molecular weight is 317 g/mol.